The Kier molecular flexibility index (Phi) is 6.98. The molecule has 1 atom stereocenters. The number of pyridine rings is 1. The molecule has 1 aliphatic rings. The molecule has 5 nitrogen and oxygen atoms in total. The number of benzene rings is 2. The molecule has 1 fully saturated rings. The number of hydrogen-bond donors (Lipinski definition) is 1. The van der Waals surface area contributed by atoms with E-state index in [0.29, 0.717) is 0 Å². The van der Waals surface area contributed by atoms with Gasteiger partial charge in [0.15, 0.2) is 0 Å². The highest BCUT2D eigenvalue weighted by Crippen LogP contribution is 2.23. The second kappa shape index (κ2) is 10.3. The Labute approximate surface area is 192 Å². The summed E-state index contributed by atoms with van der Waals surface area (Å²) in [5, 5.41) is 2.86. The molecule has 1 saturated heterocycles. The van der Waals surface area contributed by atoms with Crippen molar-refractivity contribution in [2.24, 2.45) is 0 Å². The van der Waals surface area contributed by atoms with Crippen LogP contribution < -0.4 is 15.1 Å². The van der Waals surface area contributed by atoms with E-state index >= 15 is 0 Å². The number of aromatic nitrogens is 1. The molecule has 1 aliphatic heterocycles. The van der Waals surface area contributed by atoms with Crippen LogP contribution in [0.25, 0.3) is 6.08 Å². The minimum atomic E-state index is -0.706. The fourth-order valence-electron chi connectivity index (χ4n) is 3.90. The highest BCUT2D eigenvalue weighted by Gasteiger charge is 2.19. The number of nitrogens with zero attached hydrogens (tertiary/aromatic N) is 3. The first-order valence-electron chi connectivity index (χ1n) is 10.9. The van der Waals surface area contributed by atoms with Gasteiger partial charge >= 0.3 is 0 Å². The molecule has 1 unspecified atom stereocenters. The van der Waals surface area contributed by atoms with Crippen LogP contribution in [-0.2, 0) is 4.79 Å². The molecule has 7 heteroatoms. The average Bonchev–Trinajstić information content (AvgIpc) is 2.84. The van der Waals surface area contributed by atoms with E-state index in [9.17, 15) is 13.6 Å². The molecule has 170 valence electrons. The number of nitrogens with one attached hydrogen (secondary N) is 1. The maximum Gasteiger partial charge on any atom is 0.244 e. The summed E-state index contributed by atoms with van der Waals surface area (Å²) < 4.78 is 27.5. The molecule has 4 rings (SSSR count). The van der Waals surface area contributed by atoms with Crippen LogP contribution in [0.15, 0.2) is 72.9 Å². The Morgan fingerprint density at radius 2 is 1.67 bits per heavy atom. The van der Waals surface area contributed by atoms with Crippen LogP contribution in [-0.4, -0.2) is 37.1 Å². The third-order valence-corrected chi connectivity index (χ3v) is 5.75. The number of halogens is 2. The van der Waals surface area contributed by atoms with Crippen molar-refractivity contribution in [3.8, 4) is 0 Å². The van der Waals surface area contributed by atoms with E-state index in [0.717, 1.165) is 67.5 Å². The van der Waals surface area contributed by atoms with E-state index in [-0.39, 0.29) is 11.6 Å². The molecule has 2 heterocycles. The summed E-state index contributed by atoms with van der Waals surface area (Å²) in [6.45, 7) is 5.39. The molecule has 33 heavy (non-hydrogen) atoms. The molecule has 1 aromatic heterocycles. The van der Waals surface area contributed by atoms with Crippen LogP contribution in [0.5, 0.6) is 0 Å². The van der Waals surface area contributed by atoms with Crippen molar-refractivity contribution in [2.45, 2.75) is 13.0 Å². The van der Waals surface area contributed by atoms with Gasteiger partial charge < -0.3 is 15.1 Å². The Morgan fingerprint density at radius 1 is 0.970 bits per heavy atom. The van der Waals surface area contributed by atoms with Crippen LogP contribution in [0.1, 0.15) is 24.1 Å². The van der Waals surface area contributed by atoms with Crippen molar-refractivity contribution < 1.29 is 13.6 Å². The molecule has 1 amide bonds. The minimum absolute atomic E-state index is 0.229. The van der Waals surface area contributed by atoms with Gasteiger partial charge in [0.05, 0.1) is 6.04 Å². The maximum atomic E-state index is 13.7. The summed E-state index contributed by atoms with van der Waals surface area (Å²) in [6, 6.07) is 17.3. The number of amides is 1. The lowest BCUT2D eigenvalue weighted by Gasteiger charge is -2.37. The molecule has 0 aliphatic carbocycles. The first-order valence-corrected chi connectivity index (χ1v) is 10.9. The van der Waals surface area contributed by atoms with Crippen LogP contribution in [0.4, 0.5) is 20.3 Å². The standard InChI is InChI=1S/C26H26F2N4O/c1-19(30-26(33)12-11-22-23(27)8-5-9-24(22)28)20-6-4-7-21(18-20)31-14-16-32(17-15-31)25-10-2-3-13-29-25/h2-13,18-19H,14-17H2,1H3,(H,30,33)/b12-11+. The first kappa shape index (κ1) is 22.5. The summed E-state index contributed by atoms with van der Waals surface area (Å²) in [6.07, 6.45) is 4.12. The van der Waals surface area contributed by atoms with Gasteiger partial charge in [0.25, 0.3) is 0 Å². The third-order valence-electron chi connectivity index (χ3n) is 5.75. The van der Waals surface area contributed by atoms with Gasteiger partial charge in [-0.1, -0.05) is 24.3 Å². The fourth-order valence-corrected chi connectivity index (χ4v) is 3.90. The van der Waals surface area contributed by atoms with Gasteiger partial charge in [-0.25, -0.2) is 13.8 Å². The number of carbonyl (C=O) groups is 1. The summed E-state index contributed by atoms with van der Waals surface area (Å²) in [5.74, 6) is -0.837. The fraction of sp³-hybridized carbons (Fsp3) is 0.231. The highest BCUT2D eigenvalue weighted by atomic mass is 19.1. The van der Waals surface area contributed by atoms with Gasteiger partial charge in [-0.15, -0.1) is 0 Å². The van der Waals surface area contributed by atoms with Gasteiger partial charge in [0.2, 0.25) is 5.91 Å². The van der Waals surface area contributed by atoms with Gasteiger partial charge in [-0.3, -0.25) is 4.79 Å². The molecule has 2 aromatic carbocycles. The van der Waals surface area contributed by atoms with Crippen LogP contribution in [0, 0.1) is 11.6 Å². The molecule has 3 aromatic rings. The van der Waals surface area contributed by atoms with Crippen molar-refractivity contribution in [3.63, 3.8) is 0 Å². The lowest BCUT2D eigenvalue weighted by atomic mass is 10.1. The largest absolute Gasteiger partial charge is 0.368 e. The topological polar surface area (TPSA) is 48.5 Å². The summed E-state index contributed by atoms with van der Waals surface area (Å²) in [4.78, 5) is 21.3. The van der Waals surface area contributed by atoms with E-state index in [4.69, 9.17) is 0 Å². The Balaban J connectivity index is 1.36. The number of piperazine rings is 1. The Bertz CT molecular complexity index is 1110. The Hall–Kier alpha value is -3.74. The van der Waals surface area contributed by atoms with Crippen LogP contribution in [0.3, 0.4) is 0 Å². The van der Waals surface area contributed by atoms with E-state index in [1.807, 2.05) is 43.5 Å². The van der Waals surface area contributed by atoms with E-state index in [1.54, 1.807) is 0 Å². The van der Waals surface area contributed by atoms with Crippen LogP contribution in [0.2, 0.25) is 0 Å². The smallest absolute Gasteiger partial charge is 0.244 e. The molecular formula is C26H26F2N4O. The molecule has 0 bridgehead atoms. The summed E-state index contributed by atoms with van der Waals surface area (Å²) in [5.41, 5.74) is 1.82. The highest BCUT2D eigenvalue weighted by molar-refractivity contribution is 5.92. The lowest BCUT2D eigenvalue weighted by molar-refractivity contribution is -0.117. The summed E-state index contributed by atoms with van der Waals surface area (Å²) >= 11 is 0. The molecule has 0 spiro atoms. The second-order valence-corrected chi connectivity index (χ2v) is 7.96. The maximum absolute atomic E-state index is 13.7. The van der Waals surface area contributed by atoms with Crippen molar-refractivity contribution in [1.82, 2.24) is 10.3 Å². The quantitative estimate of drug-likeness (QED) is 0.561. The zero-order valence-electron chi connectivity index (χ0n) is 18.4. The van der Waals surface area contributed by atoms with Crippen molar-refractivity contribution >= 4 is 23.5 Å². The van der Waals surface area contributed by atoms with Crippen molar-refractivity contribution in [1.29, 1.82) is 0 Å². The van der Waals surface area contributed by atoms with E-state index in [2.05, 4.69) is 32.2 Å². The number of hydrogen-bond acceptors (Lipinski definition) is 4. The monoisotopic (exact) mass is 448 g/mol. The SMILES string of the molecule is CC(NC(=O)/C=C/c1c(F)cccc1F)c1cccc(N2CCN(c3ccccn3)CC2)c1. The first-order chi connectivity index (χ1) is 16.0. The Morgan fingerprint density at radius 3 is 2.36 bits per heavy atom. The van der Waals surface area contributed by atoms with Gasteiger partial charge in [0, 0.05) is 49.7 Å². The molecule has 1 N–H and O–H groups in total. The molecule has 0 radical (unpaired) electrons. The third kappa shape index (κ3) is 5.55. The van der Waals surface area contributed by atoms with Gasteiger partial charge in [-0.2, -0.15) is 0 Å². The van der Waals surface area contributed by atoms with Crippen LogP contribution >= 0.6 is 0 Å². The van der Waals surface area contributed by atoms with Crippen molar-refractivity contribution in [2.75, 3.05) is 36.0 Å². The molecule has 0 saturated carbocycles. The molecular weight excluding hydrogens is 422 g/mol. The zero-order valence-corrected chi connectivity index (χ0v) is 18.4. The lowest BCUT2D eigenvalue weighted by Crippen LogP contribution is -2.46. The number of anilines is 2. The van der Waals surface area contributed by atoms with E-state index < -0.39 is 17.5 Å². The second-order valence-electron chi connectivity index (χ2n) is 7.96. The zero-order chi connectivity index (χ0) is 23.2. The van der Waals surface area contributed by atoms with Gasteiger partial charge in [0.1, 0.15) is 17.5 Å². The van der Waals surface area contributed by atoms with Gasteiger partial charge in [-0.05, 0) is 55.0 Å². The minimum Gasteiger partial charge on any atom is -0.368 e. The van der Waals surface area contributed by atoms with E-state index in [1.165, 1.54) is 6.07 Å². The summed E-state index contributed by atoms with van der Waals surface area (Å²) in [7, 11) is 0. The van der Waals surface area contributed by atoms with Crippen molar-refractivity contribution in [3.05, 3.63) is 95.7 Å². The predicted molar refractivity (Wildman–Crippen MR) is 127 cm³/mol. The predicted octanol–water partition coefficient (Wildman–Crippen LogP) is 4.58. The average molecular weight is 449 g/mol. The normalized spacial score (nSPS) is 15.0. The number of carbonyl (C=O) groups excluding carboxylic acids is 1. The number of rotatable bonds is 6.